The van der Waals surface area contributed by atoms with Gasteiger partial charge in [-0.05, 0) is 59.2 Å². The Labute approximate surface area is 188 Å². The summed E-state index contributed by atoms with van der Waals surface area (Å²) in [7, 11) is 1.90. The van der Waals surface area contributed by atoms with E-state index in [1.165, 1.54) is 4.57 Å². The van der Waals surface area contributed by atoms with Crippen LogP contribution in [0.15, 0.2) is 60.7 Å². The van der Waals surface area contributed by atoms with Gasteiger partial charge in [-0.3, -0.25) is 20.2 Å². The van der Waals surface area contributed by atoms with Crippen molar-refractivity contribution in [2.75, 3.05) is 17.3 Å². The molecule has 0 bridgehead atoms. The minimum absolute atomic E-state index is 0.0149. The third-order valence-corrected chi connectivity index (χ3v) is 5.88. The maximum Gasteiger partial charge on any atom is 0.229 e. The summed E-state index contributed by atoms with van der Waals surface area (Å²) >= 11 is 6.18. The third kappa shape index (κ3) is 3.33. The molecular formula is C24H19ClN6O. The summed E-state index contributed by atoms with van der Waals surface area (Å²) in [5, 5.41) is 20.1. The normalized spacial score (nSPS) is 12.5. The molecule has 7 nitrogen and oxygen atoms in total. The highest BCUT2D eigenvalue weighted by Gasteiger charge is 2.18. The number of nitrogens with one attached hydrogen (secondary N) is 3. The highest BCUT2D eigenvalue weighted by atomic mass is 35.5. The number of aromatic nitrogens is 2. The molecule has 0 fully saturated rings. The van der Waals surface area contributed by atoms with Crippen molar-refractivity contribution in [1.29, 1.82) is 10.8 Å². The maximum absolute atomic E-state index is 11.7. The van der Waals surface area contributed by atoms with E-state index in [0.717, 1.165) is 39.8 Å². The van der Waals surface area contributed by atoms with Crippen molar-refractivity contribution in [2.24, 2.45) is 0 Å². The molecule has 0 radical (unpaired) electrons. The highest BCUT2D eigenvalue weighted by molar-refractivity contribution is 6.31. The van der Waals surface area contributed by atoms with Gasteiger partial charge in [0, 0.05) is 28.8 Å². The summed E-state index contributed by atoms with van der Waals surface area (Å²) < 4.78 is 1.38. The van der Waals surface area contributed by atoms with Crippen molar-refractivity contribution in [3.8, 4) is 11.1 Å². The molecule has 4 aromatic rings. The number of rotatable bonds is 4. The van der Waals surface area contributed by atoms with E-state index in [1.54, 1.807) is 12.1 Å². The summed E-state index contributed by atoms with van der Waals surface area (Å²) in [6.45, 7) is 0. The van der Waals surface area contributed by atoms with Gasteiger partial charge in [0.05, 0.1) is 18.3 Å². The zero-order valence-electron chi connectivity index (χ0n) is 17.2. The van der Waals surface area contributed by atoms with Gasteiger partial charge in [0.1, 0.15) is 5.82 Å². The van der Waals surface area contributed by atoms with E-state index < -0.39 is 0 Å². The van der Waals surface area contributed by atoms with Crippen LogP contribution >= 0.6 is 11.6 Å². The van der Waals surface area contributed by atoms with Crippen LogP contribution in [0.4, 0.5) is 17.2 Å². The molecule has 8 heteroatoms. The number of hydrogen-bond donors (Lipinski definition) is 3. The second-order valence-electron chi connectivity index (χ2n) is 7.63. The zero-order valence-corrected chi connectivity index (χ0v) is 17.9. The van der Waals surface area contributed by atoms with Gasteiger partial charge in [0.15, 0.2) is 0 Å². The fourth-order valence-corrected chi connectivity index (χ4v) is 4.20. The molecule has 3 N–H and O–H groups in total. The van der Waals surface area contributed by atoms with Crippen molar-refractivity contribution in [3.05, 3.63) is 76.9 Å². The molecule has 3 aromatic carbocycles. The minimum atomic E-state index is -0.0523. The van der Waals surface area contributed by atoms with E-state index in [-0.39, 0.29) is 11.5 Å². The van der Waals surface area contributed by atoms with Gasteiger partial charge < -0.3 is 10.2 Å². The van der Waals surface area contributed by atoms with Crippen molar-refractivity contribution in [2.45, 2.75) is 6.42 Å². The average Bonchev–Trinajstić information content (AvgIpc) is 3.17. The smallest absolute Gasteiger partial charge is 0.229 e. The van der Waals surface area contributed by atoms with Crippen LogP contribution in [0.2, 0.25) is 5.02 Å². The predicted octanol–water partition coefficient (Wildman–Crippen LogP) is 4.55. The molecule has 2 heterocycles. The van der Waals surface area contributed by atoms with Gasteiger partial charge in [-0.2, -0.15) is 4.98 Å². The molecule has 1 aliphatic rings. The molecular weight excluding hydrogens is 424 g/mol. The van der Waals surface area contributed by atoms with E-state index >= 15 is 0 Å². The number of amides is 1. The molecule has 0 atom stereocenters. The molecule has 1 amide bonds. The van der Waals surface area contributed by atoms with Crippen LogP contribution in [-0.2, 0) is 11.2 Å². The van der Waals surface area contributed by atoms with E-state index in [1.807, 2.05) is 54.4 Å². The highest BCUT2D eigenvalue weighted by Crippen LogP contribution is 2.33. The summed E-state index contributed by atoms with van der Waals surface area (Å²) in [5.74, 6) is 0.613. The van der Waals surface area contributed by atoms with Crippen LogP contribution in [0.1, 0.15) is 5.56 Å². The zero-order chi connectivity index (χ0) is 22.4. The molecule has 0 saturated carbocycles. The standard InChI is InChI=1S/C24H19ClN6O/c1-30(23-19-7-6-17(25)12-21(19)31(13-26)24(27)29-23)18-4-2-3-14(10-18)15-5-8-20-16(9-15)11-22(32)28-20/h2-10,12-13,26-27H,11H2,1H3,(H,28,32). The Morgan fingerprint density at radius 2 is 1.94 bits per heavy atom. The summed E-state index contributed by atoms with van der Waals surface area (Å²) in [4.78, 5) is 18.1. The van der Waals surface area contributed by atoms with Gasteiger partial charge >= 0.3 is 0 Å². The number of fused-ring (bicyclic) bond motifs is 2. The number of nitrogens with zero attached hydrogens (tertiary/aromatic N) is 3. The Bertz CT molecular complexity index is 1480. The molecule has 32 heavy (non-hydrogen) atoms. The van der Waals surface area contributed by atoms with Crippen LogP contribution < -0.4 is 15.8 Å². The number of carbonyl (C=O) groups excluding carboxylic acids is 1. The van der Waals surface area contributed by atoms with Crippen molar-refractivity contribution < 1.29 is 4.79 Å². The second kappa shape index (κ2) is 7.62. The van der Waals surface area contributed by atoms with Crippen LogP contribution in [0.3, 0.4) is 0 Å². The van der Waals surface area contributed by atoms with Crippen molar-refractivity contribution in [3.63, 3.8) is 0 Å². The van der Waals surface area contributed by atoms with Crippen LogP contribution in [0.25, 0.3) is 22.0 Å². The Hall–Kier alpha value is -3.97. The molecule has 0 saturated heterocycles. The molecule has 0 unspecified atom stereocenters. The van der Waals surface area contributed by atoms with E-state index in [9.17, 15) is 4.79 Å². The largest absolute Gasteiger partial charge is 0.329 e. The summed E-state index contributed by atoms with van der Waals surface area (Å²) in [5.41, 5.74) is 5.39. The molecule has 1 aromatic heterocycles. The Kier molecular flexibility index (Phi) is 4.75. The number of halogens is 1. The molecule has 158 valence electrons. The van der Waals surface area contributed by atoms with Gasteiger partial charge in [0.2, 0.25) is 11.5 Å². The fraction of sp³-hybridized carbons (Fsp3) is 0.0833. The molecule has 1 aliphatic heterocycles. The Balaban J connectivity index is 1.60. The quantitative estimate of drug-likeness (QED) is 0.319. The van der Waals surface area contributed by atoms with Gasteiger partial charge in [-0.15, -0.1) is 0 Å². The predicted molar refractivity (Wildman–Crippen MR) is 127 cm³/mol. The SMILES string of the molecule is CN(c1cccc(-c2ccc3c(c2)CC(=O)N3)c1)c1nc(=N)n(C=N)c2cc(Cl)ccc12. The molecule has 5 rings (SSSR count). The average molecular weight is 443 g/mol. The second-order valence-corrected chi connectivity index (χ2v) is 8.06. The van der Waals surface area contributed by atoms with E-state index in [0.29, 0.717) is 22.8 Å². The lowest BCUT2D eigenvalue weighted by Crippen LogP contribution is -2.26. The van der Waals surface area contributed by atoms with Crippen molar-refractivity contribution in [1.82, 2.24) is 9.55 Å². The lowest BCUT2D eigenvalue weighted by Gasteiger charge is -2.22. The van der Waals surface area contributed by atoms with Crippen molar-refractivity contribution >= 4 is 51.9 Å². The lowest BCUT2D eigenvalue weighted by molar-refractivity contribution is -0.115. The van der Waals surface area contributed by atoms with Gasteiger partial charge in [0.25, 0.3) is 0 Å². The first-order valence-electron chi connectivity index (χ1n) is 9.98. The molecule has 0 spiro atoms. The summed E-state index contributed by atoms with van der Waals surface area (Å²) in [6, 6.07) is 19.4. The monoisotopic (exact) mass is 442 g/mol. The maximum atomic E-state index is 11.7. The number of hydrogen-bond acceptors (Lipinski definition) is 5. The van der Waals surface area contributed by atoms with Crippen LogP contribution in [-0.4, -0.2) is 28.8 Å². The lowest BCUT2D eigenvalue weighted by atomic mass is 10.0. The van der Waals surface area contributed by atoms with Crippen LogP contribution in [0.5, 0.6) is 0 Å². The first-order valence-corrected chi connectivity index (χ1v) is 10.4. The first kappa shape index (κ1) is 20.0. The Morgan fingerprint density at radius 3 is 2.75 bits per heavy atom. The molecule has 0 aliphatic carbocycles. The summed E-state index contributed by atoms with van der Waals surface area (Å²) in [6.07, 6.45) is 1.45. The number of benzene rings is 3. The minimum Gasteiger partial charge on any atom is -0.329 e. The van der Waals surface area contributed by atoms with Crippen LogP contribution in [0, 0.1) is 10.8 Å². The van der Waals surface area contributed by atoms with Gasteiger partial charge in [-0.25, -0.2) is 0 Å². The van der Waals surface area contributed by atoms with Gasteiger partial charge in [-0.1, -0.05) is 29.8 Å². The topological polar surface area (TPSA) is 97.9 Å². The first-order chi connectivity index (χ1) is 15.4. The Morgan fingerprint density at radius 1 is 1.12 bits per heavy atom. The van der Waals surface area contributed by atoms with E-state index in [4.69, 9.17) is 22.4 Å². The third-order valence-electron chi connectivity index (χ3n) is 5.64. The van der Waals surface area contributed by atoms with E-state index in [2.05, 4.69) is 16.4 Å². The number of anilines is 3. The fourth-order valence-electron chi connectivity index (χ4n) is 4.03. The number of carbonyl (C=O) groups is 1.